The van der Waals surface area contributed by atoms with E-state index in [4.69, 9.17) is 14.2 Å². The Hall–Kier alpha value is -1.63. The highest BCUT2D eigenvalue weighted by Gasteiger charge is 2.68. The van der Waals surface area contributed by atoms with E-state index in [9.17, 15) is 19.5 Å². The minimum Gasteiger partial charge on any atom is -0.481 e. The zero-order valence-electron chi connectivity index (χ0n) is 23.5. The Morgan fingerprint density at radius 3 is 2.28 bits per heavy atom. The standard InChI is InChI=1S/C32H44O7/c1-4-32(3,12-13(2)30(35)38-22-9-14-5-21(22)27-17(14)11-24-28(27)37-24)31(36)39-23-10-16-8-20(23)26-18-6-15(25(16)26)7-19(18)29(33)34/h13-28H,4-12H2,1-3H3,(H,33,34). The number of aliphatic carboxylic acids is 1. The normalized spacial score (nSPS) is 53.2. The van der Waals surface area contributed by atoms with Gasteiger partial charge in [-0.3, -0.25) is 14.4 Å². The van der Waals surface area contributed by atoms with Crippen molar-refractivity contribution in [3.63, 3.8) is 0 Å². The largest absolute Gasteiger partial charge is 0.481 e. The number of ether oxygens (including phenoxy) is 3. The first kappa shape index (κ1) is 25.1. The van der Waals surface area contributed by atoms with Gasteiger partial charge in [0.1, 0.15) is 12.2 Å². The van der Waals surface area contributed by atoms with Crippen LogP contribution in [0.1, 0.15) is 78.6 Å². The molecule has 17 atom stereocenters. The van der Waals surface area contributed by atoms with E-state index in [0.29, 0.717) is 72.4 Å². The first-order chi connectivity index (χ1) is 18.7. The molecule has 0 aromatic carbocycles. The topological polar surface area (TPSA) is 102 Å². The van der Waals surface area contributed by atoms with E-state index >= 15 is 0 Å². The minimum absolute atomic E-state index is 0.00680. The van der Waals surface area contributed by atoms with Crippen LogP contribution < -0.4 is 0 Å². The van der Waals surface area contributed by atoms with Gasteiger partial charge in [0, 0.05) is 5.92 Å². The van der Waals surface area contributed by atoms with Gasteiger partial charge in [0.25, 0.3) is 0 Å². The van der Waals surface area contributed by atoms with E-state index in [1.165, 1.54) is 12.8 Å². The predicted molar refractivity (Wildman–Crippen MR) is 139 cm³/mol. The molecule has 0 amide bonds. The second-order valence-corrected chi connectivity index (χ2v) is 15.3. The Morgan fingerprint density at radius 1 is 0.846 bits per heavy atom. The summed E-state index contributed by atoms with van der Waals surface area (Å²) in [4.78, 5) is 38.8. The second-order valence-electron chi connectivity index (χ2n) is 15.3. The molecule has 6 bridgehead atoms. The molecule has 1 aliphatic heterocycles. The second kappa shape index (κ2) is 8.45. The van der Waals surface area contributed by atoms with Crippen LogP contribution in [0, 0.1) is 76.4 Å². The van der Waals surface area contributed by atoms with Crippen molar-refractivity contribution in [1.29, 1.82) is 0 Å². The van der Waals surface area contributed by atoms with Gasteiger partial charge in [-0.25, -0.2) is 0 Å². The summed E-state index contributed by atoms with van der Waals surface area (Å²) < 4.78 is 18.2. The number of carboxylic acids is 1. The van der Waals surface area contributed by atoms with Gasteiger partial charge in [0.15, 0.2) is 0 Å². The first-order valence-corrected chi connectivity index (χ1v) is 16.0. The van der Waals surface area contributed by atoms with Crippen molar-refractivity contribution in [2.24, 2.45) is 76.4 Å². The molecule has 0 aromatic heterocycles. The van der Waals surface area contributed by atoms with Crippen LogP contribution in [0.15, 0.2) is 0 Å². The molecule has 7 saturated carbocycles. The lowest BCUT2D eigenvalue weighted by Crippen LogP contribution is -2.43. The molecule has 1 saturated heterocycles. The number of carbonyl (C=O) groups excluding carboxylic acids is 2. The van der Waals surface area contributed by atoms with Crippen molar-refractivity contribution in [1.82, 2.24) is 0 Å². The minimum atomic E-state index is -0.738. The van der Waals surface area contributed by atoms with E-state index in [1.807, 2.05) is 20.8 Å². The average Bonchev–Trinajstić information content (AvgIpc) is 3.60. The molecular weight excluding hydrogens is 496 g/mol. The van der Waals surface area contributed by atoms with Gasteiger partial charge in [-0.1, -0.05) is 13.8 Å². The number of carboxylic acid groups (broad SMARTS) is 1. The third kappa shape index (κ3) is 3.53. The highest BCUT2D eigenvalue weighted by Crippen LogP contribution is 2.69. The fraction of sp³-hybridized carbons (Fsp3) is 0.906. The van der Waals surface area contributed by atoms with Crippen LogP contribution in [0.4, 0.5) is 0 Å². The van der Waals surface area contributed by atoms with Crippen molar-refractivity contribution >= 4 is 17.9 Å². The van der Waals surface area contributed by atoms with Gasteiger partial charge >= 0.3 is 17.9 Å². The summed E-state index contributed by atoms with van der Waals surface area (Å²) in [6, 6.07) is 0. The van der Waals surface area contributed by atoms with Crippen molar-refractivity contribution in [2.45, 2.75) is 103 Å². The van der Waals surface area contributed by atoms with Crippen LogP contribution in [0.2, 0.25) is 0 Å². The summed E-state index contributed by atoms with van der Waals surface area (Å²) in [5.41, 5.74) is -0.738. The number of hydrogen-bond acceptors (Lipinski definition) is 6. The number of rotatable bonds is 8. The molecule has 8 rings (SSSR count). The van der Waals surface area contributed by atoms with E-state index in [0.717, 1.165) is 38.0 Å². The lowest BCUT2D eigenvalue weighted by Gasteiger charge is -2.41. The summed E-state index contributed by atoms with van der Waals surface area (Å²) in [6.45, 7) is 5.85. The fourth-order valence-electron chi connectivity index (χ4n) is 12.0. The van der Waals surface area contributed by atoms with E-state index in [2.05, 4.69) is 0 Å². The molecule has 1 N–H and O–H groups in total. The van der Waals surface area contributed by atoms with Crippen molar-refractivity contribution in [3.05, 3.63) is 0 Å². The third-order valence-corrected chi connectivity index (χ3v) is 13.7. The number of esters is 2. The molecule has 0 aromatic rings. The quantitative estimate of drug-likeness (QED) is 0.270. The highest BCUT2D eigenvalue weighted by atomic mass is 16.6. The van der Waals surface area contributed by atoms with E-state index < -0.39 is 11.4 Å². The summed E-state index contributed by atoms with van der Waals surface area (Å²) in [7, 11) is 0. The first-order valence-electron chi connectivity index (χ1n) is 16.0. The van der Waals surface area contributed by atoms with Gasteiger partial charge in [0.2, 0.25) is 0 Å². The van der Waals surface area contributed by atoms with Gasteiger partial charge in [0.05, 0.1) is 29.5 Å². The zero-order chi connectivity index (χ0) is 27.0. The van der Waals surface area contributed by atoms with E-state index in [1.54, 1.807) is 0 Å². The molecule has 7 heteroatoms. The van der Waals surface area contributed by atoms with Crippen molar-refractivity contribution < 1.29 is 33.7 Å². The maximum absolute atomic E-state index is 13.6. The summed E-state index contributed by atoms with van der Waals surface area (Å²) >= 11 is 0. The van der Waals surface area contributed by atoms with Gasteiger partial charge in [-0.05, 0) is 118 Å². The molecule has 7 nitrogen and oxygen atoms in total. The Balaban J connectivity index is 0.889. The fourth-order valence-corrected chi connectivity index (χ4v) is 12.0. The molecule has 7 aliphatic carbocycles. The molecule has 39 heavy (non-hydrogen) atoms. The SMILES string of the molecule is CCC(C)(CC(C)C(=O)OC1CC2CC1C1C2CC2OC21)C(=O)OC1CC2CC1C1C3CC(CC3C(=O)O)C21. The third-order valence-electron chi connectivity index (χ3n) is 13.7. The lowest BCUT2D eigenvalue weighted by atomic mass is 9.66. The molecule has 0 spiro atoms. The molecule has 17 unspecified atom stereocenters. The molecule has 1 heterocycles. The van der Waals surface area contributed by atoms with Gasteiger partial charge in [-0.2, -0.15) is 0 Å². The molecule has 8 fully saturated rings. The van der Waals surface area contributed by atoms with Crippen LogP contribution in [0.5, 0.6) is 0 Å². The lowest BCUT2D eigenvalue weighted by molar-refractivity contribution is -0.170. The van der Waals surface area contributed by atoms with Crippen molar-refractivity contribution in [3.8, 4) is 0 Å². The Kier molecular flexibility index (Phi) is 5.44. The van der Waals surface area contributed by atoms with Crippen LogP contribution in [-0.2, 0) is 28.6 Å². The summed E-state index contributed by atoms with van der Waals surface area (Å²) in [5.74, 6) is 3.62. The van der Waals surface area contributed by atoms with Crippen LogP contribution in [-0.4, -0.2) is 47.4 Å². The Bertz CT molecular complexity index is 1090. The smallest absolute Gasteiger partial charge is 0.312 e. The predicted octanol–water partition coefficient (Wildman–Crippen LogP) is 4.71. The maximum atomic E-state index is 13.6. The average molecular weight is 541 g/mol. The highest BCUT2D eigenvalue weighted by molar-refractivity contribution is 5.79. The molecule has 214 valence electrons. The van der Waals surface area contributed by atoms with E-state index in [-0.39, 0.29) is 41.9 Å². The summed E-state index contributed by atoms with van der Waals surface area (Å²) in [5, 5.41) is 9.75. The Morgan fingerprint density at radius 2 is 1.51 bits per heavy atom. The monoisotopic (exact) mass is 540 g/mol. The molecular formula is C32H44O7. The van der Waals surface area contributed by atoms with Crippen LogP contribution in [0.3, 0.4) is 0 Å². The van der Waals surface area contributed by atoms with Gasteiger partial charge in [-0.15, -0.1) is 0 Å². The van der Waals surface area contributed by atoms with Crippen molar-refractivity contribution in [2.75, 3.05) is 0 Å². The number of carbonyl (C=O) groups is 3. The maximum Gasteiger partial charge on any atom is 0.312 e. The number of epoxide rings is 1. The molecule has 8 aliphatic rings. The number of fused-ring (bicyclic) bond motifs is 16. The van der Waals surface area contributed by atoms with Crippen LogP contribution in [0.25, 0.3) is 0 Å². The summed E-state index contributed by atoms with van der Waals surface area (Å²) in [6.07, 6.45) is 9.10. The Labute approximate surface area is 231 Å². The van der Waals surface area contributed by atoms with Gasteiger partial charge < -0.3 is 19.3 Å². The molecule has 0 radical (unpaired) electrons. The zero-order valence-corrected chi connectivity index (χ0v) is 23.5. The van der Waals surface area contributed by atoms with Crippen LogP contribution >= 0.6 is 0 Å². The number of hydrogen-bond donors (Lipinski definition) is 1.